The molecule has 2 rings (SSSR count). The minimum Gasteiger partial charge on any atom is -0.294 e. The number of ketones is 1. The van der Waals surface area contributed by atoms with Crippen molar-refractivity contribution in [3.8, 4) is 0 Å². The van der Waals surface area contributed by atoms with Gasteiger partial charge in [-0.3, -0.25) is 9.00 Å². The van der Waals surface area contributed by atoms with Crippen molar-refractivity contribution < 1.29 is 9.00 Å². The fourth-order valence-electron chi connectivity index (χ4n) is 1.61. The molecule has 5 heteroatoms. The summed E-state index contributed by atoms with van der Waals surface area (Å²) in [6.07, 6.45) is 0. The average Bonchev–Trinajstić information content (AvgIpc) is 2.13. The van der Waals surface area contributed by atoms with E-state index in [2.05, 4.69) is 0 Å². The molecule has 0 saturated carbocycles. The summed E-state index contributed by atoms with van der Waals surface area (Å²) in [7, 11) is -1.18. The number of Topliss-reactive ketones (excluding diaryl/α,β-unsaturated/α-hetero) is 1. The molecule has 1 heterocycles. The van der Waals surface area contributed by atoms with Crippen LogP contribution in [0.3, 0.4) is 0 Å². The topological polar surface area (TPSA) is 34.1 Å². The minimum absolute atomic E-state index is 0.0498. The van der Waals surface area contributed by atoms with E-state index in [1.165, 1.54) is 6.07 Å². The van der Waals surface area contributed by atoms with Gasteiger partial charge < -0.3 is 0 Å². The van der Waals surface area contributed by atoms with Crippen molar-refractivity contribution in [2.24, 2.45) is 5.92 Å². The number of carbonyl (C=O) groups is 1. The van der Waals surface area contributed by atoms with E-state index >= 15 is 0 Å². The van der Waals surface area contributed by atoms with Gasteiger partial charge in [0.1, 0.15) is 0 Å². The van der Waals surface area contributed by atoms with Crippen LogP contribution in [-0.2, 0) is 10.8 Å². The van der Waals surface area contributed by atoms with E-state index in [9.17, 15) is 9.00 Å². The summed E-state index contributed by atoms with van der Waals surface area (Å²) in [5.41, 5.74) is 0.373. The summed E-state index contributed by atoms with van der Waals surface area (Å²) >= 11 is 11.7. The van der Waals surface area contributed by atoms with Crippen molar-refractivity contribution in [3.05, 3.63) is 27.7 Å². The molecular formula is C10H8Cl2O2S. The molecule has 0 fully saturated rings. The molecule has 15 heavy (non-hydrogen) atoms. The van der Waals surface area contributed by atoms with Crippen LogP contribution in [0.15, 0.2) is 17.0 Å². The third-order valence-corrected chi connectivity index (χ3v) is 4.49. The predicted octanol–water partition coefficient (Wildman–Crippen LogP) is 2.93. The van der Waals surface area contributed by atoms with Crippen LogP contribution in [0.4, 0.5) is 0 Å². The average molecular weight is 263 g/mol. The fourth-order valence-corrected chi connectivity index (χ4v) is 3.80. The Balaban J connectivity index is 2.71. The molecule has 1 aliphatic rings. The van der Waals surface area contributed by atoms with E-state index in [-0.39, 0.29) is 11.7 Å². The monoisotopic (exact) mass is 262 g/mol. The van der Waals surface area contributed by atoms with Crippen LogP contribution in [0, 0.1) is 5.92 Å². The van der Waals surface area contributed by atoms with E-state index in [0.29, 0.717) is 26.3 Å². The Morgan fingerprint density at radius 1 is 1.40 bits per heavy atom. The summed E-state index contributed by atoms with van der Waals surface area (Å²) in [6, 6.07) is 3.07. The molecule has 80 valence electrons. The van der Waals surface area contributed by atoms with Crippen molar-refractivity contribution in [1.29, 1.82) is 0 Å². The Bertz CT molecular complexity index is 471. The summed E-state index contributed by atoms with van der Waals surface area (Å²) < 4.78 is 11.8. The minimum atomic E-state index is -1.18. The highest BCUT2D eigenvalue weighted by Gasteiger charge is 2.31. The number of carbonyl (C=O) groups excluding carboxylic acids is 1. The van der Waals surface area contributed by atoms with E-state index < -0.39 is 10.8 Å². The van der Waals surface area contributed by atoms with E-state index in [1.807, 2.05) is 0 Å². The number of halogens is 2. The van der Waals surface area contributed by atoms with Crippen LogP contribution in [0.1, 0.15) is 17.3 Å². The summed E-state index contributed by atoms with van der Waals surface area (Å²) in [4.78, 5) is 12.3. The predicted molar refractivity (Wildman–Crippen MR) is 61.2 cm³/mol. The molecule has 0 saturated heterocycles. The van der Waals surface area contributed by atoms with E-state index in [4.69, 9.17) is 23.2 Å². The van der Waals surface area contributed by atoms with Crippen molar-refractivity contribution in [3.63, 3.8) is 0 Å². The summed E-state index contributed by atoms with van der Waals surface area (Å²) in [5.74, 6) is 0.0611. The van der Waals surface area contributed by atoms with Crippen LogP contribution in [0.5, 0.6) is 0 Å². The SMILES string of the molecule is CC1CS(=O)c2cc(Cl)cc(Cl)c2C1=O. The van der Waals surface area contributed by atoms with Crippen LogP contribution in [0.2, 0.25) is 10.0 Å². The van der Waals surface area contributed by atoms with Crippen LogP contribution in [0.25, 0.3) is 0 Å². The zero-order valence-corrected chi connectivity index (χ0v) is 10.2. The molecule has 1 aliphatic heterocycles. The quantitative estimate of drug-likeness (QED) is 0.721. The maximum atomic E-state index is 11.8. The molecule has 0 aromatic heterocycles. The first kappa shape index (κ1) is 11.1. The van der Waals surface area contributed by atoms with E-state index in [0.717, 1.165) is 0 Å². The second-order valence-electron chi connectivity index (χ2n) is 3.54. The molecule has 1 aromatic rings. The molecule has 0 amide bonds. The first-order valence-corrected chi connectivity index (χ1v) is 6.50. The maximum Gasteiger partial charge on any atom is 0.169 e. The summed E-state index contributed by atoms with van der Waals surface area (Å²) in [5, 5.41) is 0.705. The molecule has 1 aromatic carbocycles. The standard InChI is InChI=1S/C10H8Cl2O2S/c1-5-4-15(14)8-3-6(11)2-7(12)9(8)10(5)13/h2-3,5H,4H2,1H3. The van der Waals surface area contributed by atoms with Crippen LogP contribution < -0.4 is 0 Å². The van der Waals surface area contributed by atoms with Gasteiger partial charge in [-0.25, -0.2) is 0 Å². The largest absolute Gasteiger partial charge is 0.294 e. The Morgan fingerprint density at radius 3 is 2.73 bits per heavy atom. The molecular weight excluding hydrogens is 255 g/mol. The Hall–Kier alpha value is -0.380. The Labute approximate surface area is 100 Å². The van der Waals surface area contributed by atoms with E-state index in [1.54, 1.807) is 13.0 Å². The molecule has 2 atom stereocenters. The number of hydrogen-bond acceptors (Lipinski definition) is 2. The molecule has 0 aliphatic carbocycles. The van der Waals surface area contributed by atoms with Gasteiger partial charge >= 0.3 is 0 Å². The number of benzene rings is 1. The van der Waals surface area contributed by atoms with Crippen molar-refractivity contribution in [1.82, 2.24) is 0 Å². The second kappa shape index (κ2) is 3.89. The molecule has 0 spiro atoms. The molecule has 0 bridgehead atoms. The Morgan fingerprint density at radius 2 is 2.07 bits per heavy atom. The molecule has 2 unspecified atom stereocenters. The highest BCUT2D eigenvalue weighted by Crippen LogP contribution is 2.33. The smallest absolute Gasteiger partial charge is 0.169 e. The van der Waals surface area contributed by atoms with Gasteiger partial charge in [0, 0.05) is 16.7 Å². The van der Waals surface area contributed by atoms with Gasteiger partial charge in [0.05, 0.1) is 26.3 Å². The number of hydrogen-bond donors (Lipinski definition) is 0. The van der Waals surface area contributed by atoms with Gasteiger partial charge in [0.2, 0.25) is 0 Å². The van der Waals surface area contributed by atoms with Gasteiger partial charge in [0.15, 0.2) is 5.78 Å². The molecule has 2 nitrogen and oxygen atoms in total. The zero-order valence-electron chi connectivity index (χ0n) is 7.92. The molecule has 0 radical (unpaired) electrons. The number of fused-ring (bicyclic) bond motifs is 1. The molecule has 0 N–H and O–H groups in total. The lowest BCUT2D eigenvalue weighted by Crippen LogP contribution is -2.26. The van der Waals surface area contributed by atoms with Crippen molar-refractivity contribution >= 4 is 39.8 Å². The first-order valence-electron chi connectivity index (χ1n) is 4.42. The third-order valence-electron chi connectivity index (χ3n) is 2.36. The third kappa shape index (κ3) is 1.84. The van der Waals surface area contributed by atoms with Gasteiger partial charge in [-0.1, -0.05) is 30.1 Å². The lowest BCUT2D eigenvalue weighted by Gasteiger charge is -2.20. The highest BCUT2D eigenvalue weighted by molar-refractivity contribution is 7.85. The first-order chi connectivity index (χ1) is 7.00. The van der Waals surface area contributed by atoms with Gasteiger partial charge in [-0.2, -0.15) is 0 Å². The van der Waals surface area contributed by atoms with Crippen molar-refractivity contribution in [2.75, 3.05) is 5.75 Å². The summed E-state index contributed by atoms with van der Waals surface area (Å²) in [6.45, 7) is 1.76. The normalized spacial score (nSPS) is 25.1. The van der Waals surface area contributed by atoms with Gasteiger partial charge in [0.25, 0.3) is 0 Å². The number of rotatable bonds is 0. The lowest BCUT2D eigenvalue weighted by molar-refractivity contribution is 0.0935. The Kier molecular flexibility index (Phi) is 2.88. The highest BCUT2D eigenvalue weighted by atomic mass is 35.5. The zero-order chi connectivity index (χ0) is 11.2. The van der Waals surface area contributed by atoms with Gasteiger partial charge in [-0.15, -0.1) is 0 Å². The second-order valence-corrected chi connectivity index (χ2v) is 5.85. The lowest BCUT2D eigenvalue weighted by atomic mass is 10.0. The maximum absolute atomic E-state index is 11.8. The van der Waals surface area contributed by atoms with Crippen molar-refractivity contribution in [2.45, 2.75) is 11.8 Å². The van der Waals surface area contributed by atoms with Crippen LogP contribution in [-0.4, -0.2) is 15.7 Å². The van der Waals surface area contributed by atoms with Crippen LogP contribution >= 0.6 is 23.2 Å². The van der Waals surface area contributed by atoms with Gasteiger partial charge in [-0.05, 0) is 12.1 Å². The fraction of sp³-hybridized carbons (Fsp3) is 0.300.